The lowest BCUT2D eigenvalue weighted by atomic mass is 10.1. The van der Waals surface area contributed by atoms with E-state index in [1.807, 2.05) is 13.0 Å². The third-order valence-corrected chi connectivity index (χ3v) is 5.35. The first-order chi connectivity index (χ1) is 14.5. The van der Waals surface area contributed by atoms with Crippen LogP contribution in [-0.4, -0.2) is 36.2 Å². The van der Waals surface area contributed by atoms with Gasteiger partial charge >= 0.3 is 0 Å². The van der Waals surface area contributed by atoms with Crippen molar-refractivity contribution in [3.63, 3.8) is 0 Å². The third-order valence-electron chi connectivity index (χ3n) is 4.28. The highest BCUT2D eigenvalue weighted by Gasteiger charge is 2.14. The number of rotatable bonds is 8. The maximum atomic E-state index is 12.6. The summed E-state index contributed by atoms with van der Waals surface area (Å²) in [6, 6.07) is 12.1. The second kappa shape index (κ2) is 9.84. The van der Waals surface area contributed by atoms with Crippen molar-refractivity contribution in [3.8, 4) is 11.5 Å². The number of amides is 2. The van der Waals surface area contributed by atoms with E-state index in [2.05, 4.69) is 20.8 Å². The van der Waals surface area contributed by atoms with Crippen LogP contribution in [0.5, 0.6) is 11.5 Å². The van der Waals surface area contributed by atoms with Crippen LogP contribution in [0.1, 0.15) is 37.7 Å². The predicted molar refractivity (Wildman–Crippen MR) is 114 cm³/mol. The van der Waals surface area contributed by atoms with E-state index in [9.17, 15) is 9.59 Å². The van der Waals surface area contributed by atoms with E-state index in [0.717, 1.165) is 17.0 Å². The molecule has 0 fully saturated rings. The van der Waals surface area contributed by atoms with Crippen molar-refractivity contribution in [1.29, 1.82) is 0 Å². The van der Waals surface area contributed by atoms with Crippen LogP contribution < -0.4 is 20.1 Å². The van der Waals surface area contributed by atoms with Crippen LogP contribution >= 0.6 is 11.3 Å². The van der Waals surface area contributed by atoms with Gasteiger partial charge in [0, 0.05) is 29.4 Å². The van der Waals surface area contributed by atoms with Gasteiger partial charge in [-0.1, -0.05) is 24.3 Å². The molecule has 156 valence electrons. The standard InChI is InChI=1S/C21H22N4O4S/c1-4-18-24-25-21(30-18)20(27)23-15-7-5-6-13(10-15)19(26)22-12-14-8-9-16(28-2)11-17(14)29-3/h5-11H,4,12H2,1-3H3,(H,22,26)(H,23,27). The minimum absolute atomic E-state index is 0.270. The molecule has 0 spiro atoms. The molecule has 0 unspecified atom stereocenters. The molecule has 0 aliphatic rings. The highest BCUT2D eigenvalue weighted by atomic mass is 32.1. The molecule has 0 aliphatic heterocycles. The Bertz CT molecular complexity index is 1050. The Morgan fingerprint density at radius 3 is 2.57 bits per heavy atom. The predicted octanol–water partition coefficient (Wildman–Crippen LogP) is 3.30. The van der Waals surface area contributed by atoms with Gasteiger partial charge in [-0.2, -0.15) is 0 Å². The minimum Gasteiger partial charge on any atom is -0.497 e. The number of methoxy groups -OCH3 is 2. The number of benzene rings is 2. The highest BCUT2D eigenvalue weighted by Crippen LogP contribution is 2.24. The summed E-state index contributed by atoms with van der Waals surface area (Å²) >= 11 is 1.25. The number of nitrogens with zero attached hydrogens (tertiary/aromatic N) is 2. The fraction of sp³-hybridized carbons (Fsp3) is 0.238. The summed E-state index contributed by atoms with van der Waals surface area (Å²) in [5.41, 5.74) is 1.74. The van der Waals surface area contributed by atoms with E-state index < -0.39 is 0 Å². The van der Waals surface area contributed by atoms with Gasteiger partial charge < -0.3 is 20.1 Å². The zero-order valence-corrected chi connectivity index (χ0v) is 17.7. The van der Waals surface area contributed by atoms with Crippen LogP contribution in [-0.2, 0) is 13.0 Å². The maximum absolute atomic E-state index is 12.6. The monoisotopic (exact) mass is 426 g/mol. The number of carbonyl (C=O) groups excluding carboxylic acids is 2. The van der Waals surface area contributed by atoms with E-state index in [0.29, 0.717) is 22.7 Å². The number of aryl methyl sites for hydroxylation is 1. The molecule has 0 atom stereocenters. The molecule has 0 radical (unpaired) electrons. The Hall–Kier alpha value is -3.46. The van der Waals surface area contributed by atoms with Gasteiger partial charge in [0.2, 0.25) is 5.01 Å². The van der Waals surface area contributed by atoms with Gasteiger partial charge in [0.25, 0.3) is 11.8 Å². The molecule has 0 saturated carbocycles. The quantitative estimate of drug-likeness (QED) is 0.573. The third kappa shape index (κ3) is 5.12. The summed E-state index contributed by atoms with van der Waals surface area (Å²) in [5, 5.41) is 14.5. The normalized spacial score (nSPS) is 10.4. The smallest absolute Gasteiger partial charge is 0.286 e. The number of carbonyl (C=O) groups is 2. The topological polar surface area (TPSA) is 102 Å². The van der Waals surface area contributed by atoms with Crippen LogP contribution in [0.4, 0.5) is 5.69 Å². The van der Waals surface area contributed by atoms with Gasteiger partial charge in [-0.3, -0.25) is 9.59 Å². The van der Waals surface area contributed by atoms with Crippen molar-refractivity contribution in [2.75, 3.05) is 19.5 Å². The molecule has 3 aromatic rings. The Balaban J connectivity index is 1.65. The van der Waals surface area contributed by atoms with Crippen LogP contribution in [0.3, 0.4) is 0 Å². The number of hydrogen-bond donors (Lipinski definition) is 2. The molecule has 8 nitrogen and oxygen atoms in total. The van der Waals surface area contributed by atoms with E-state index in [4.69, 9.17) is 9.47 Å². The second-order valence-electron chi connectivity index (χ2n) is 6.25. The zero-order chi connectivity index (χ0) is 21.5. The molecule has 1 heterocycles. The van der Waals surface area contributed by atoms with E-state index in [1.54, 1.807) is 50.6 Å². The van der Waals surface area contributed by atoms with E-state index in [-0.39, 0.29) is 23.4 Å². The maximum Gasteiger partial charge on any atom is 0.286 e. The lowest BCUT2D eigenvalue weighted by Gasteiger charge is -2.12. The van der Waals surface area contributed by atoms with Gasteiger partial charge in [0.05, 0.1) is 14.2 Å². The summed E-state index contributed by atoms with van der Waals surface area (Å²) in [6.07, 6.45) is 0.722. The molecule has 2 aromatic carbocycles. The Kier molecular flexibility index (Phi) is 6.97. The molecule has 1 aromatic heterocycles. The average molecular weight is 426 g/mol. The van der Waals surface area contributed by atoms with Gasteiger partial charge in [-0.05, 0) is 36.8 Å². The zero-order valence-electron chi connectivity index (χ0n) is 16.9. The van der Waals surface area contributed by atoms with Crippen molar-refractivity contribution in [2.24, 2.45) is 0 Å². The highest BCUT2D eigenvalue weighted by molar-refractivity contribution is 7.13. The lowest BCUT2D eigenvalue weighted by Crippen LogP contribution is -2.23. The van der Waals surface area contributed by atoms with Crippen molar-refractivity contribution in [1.82, 2.24) is 15.5 Å². The second-order valence-corrected chi connectivity index (χ2v) is 7.31. The van der Waals surface area contributed by atoms with E-state index in [1.165, 1.54) is 11.3 Å². The molecule has 2 N–H and O–H groups in total. The molecular weight excluding hydrogens is 404 g/mol. The van der Waals surface area contributed by atoms with Gasteiger partial charge in [0.1, 0.15) is 16.5 Å². The van der Waals surface area contributed by atoms with Crippen molar-refractivity contribution in [3.05, 3.63) is 63.6 Å². The summed E-state index contributed by atoms with van der Waals surface area (Å²) < 4.78 is 10.5. The van der Waals surface area contributed by atoms with Crippen LogP contribution in [0.15, 0.2) is 42.5 Å². The number of ether oxygens (including phenoxy) is 2. The molecule has 2 amide bonds. The molecule has 0 aliphatic carbocycles. The number of aromatic nitrogens is 2. The van der Waals surface area contributed by atoms with Crippen LogP contribution in [0.2, 0.25) is 0 Å². The summed E-state index contributed by atoms with van der Waals surface area (Å²) in [6.45, 7) is 2.24. The Morgan fingerprint density at radius 1 is 1.03 bits per heavy atom. The summed E-state index contributed by atoms with van der Waals surface area (Å²) in [5.74, 6) is 0.673. The first-order valence-corrected chi connectivity index (χ1v) is 10.1. The molecule has 30 heavy (non-hydrogen) atoms. The molecule has 0 bridgehead atoms. The van der Waals surface area contributed by atoms with Crippen molar-refractivity contribution < 1.29 is 19.1 Å². The SMILES string of the molecule is CCc1nnc(C(=O)Nc2cccc(C(=O)NCc3ccc(OC)cc3OC)c2)s1. The fourth-order valence-corrected chi connectivity index (χ4v) is 3.36. The first-order valence-electron chi connectivity index (χ1n) is 9.27. The minimum atomic E-state index is -0.354. The molecule has 0 saturated heterocycles. The lowest BCUT2D eigenvalue weighted by molar-refractivity contribution is 0.0949. The molecule has 9 heteroatoms. The average Bonchev–Trinajstić information content (AvgIpc) is 3.27. The van der Waals surface area contributed by atoms with Gasteiger partial charge in [-0.15, -0.1) is 10.2 Å². The van der Waals surface area contributed by atoms with Crippen LogP contribution in [0.25, 0.3) is 0 Å². The molecule has 3 rings (SSSR count). The van der Waals surface area contributed by atoms with Gasteiger partial charge in [-0.25, -0.2) is 0 Å². The fourth-order valence-electron chi connectivity index (χ4n) is 2.69. The van der Waals surface area contributed by atoms with Crippen molar-refractivity contribution in [2.45, 2.75) is 19.9 Å². The first kappa shape index (κ1) is 21.3. The number of hydrogen-bond acceptors (Lipinski definition) is 7. The molecular formula is C21H22N4O4S. The number of nitrogens with one attached hydrogen (secondary N) is 2. The van der Waals surface area contributed by atoms with Gasteiger partial charge in [0.15, 0.2) is 0 Å². The Labute approximate surface area is 178 Å². The summed E-state index contributed by atoms with van der Waals surface area (Å²) in [4.78, 5) is 24.9. The Morgan fingerprint density at radius 2 is 1.87 bits per heavy atom. The number of anilines is 1. The van der Waals surface area contributed by atoms with E-state index >= 15 is 0 Å². The van der Waals surface area contributed by atoms with Crippen molar-refractivity contribution >= 4 is 28.8 Å². The largest absolute Gasteiger partial charge is 0.497 e. The van der Waals surface area contributed by atoms with Crippen LogP contribution in [0, 0.1) is 0 Å². The summed E-state index contributed by atoms with van der Waals surface area (Å²) in [7, 11) is 3.14.